The summed E-state index contributed by atoms with van der Waals surface area (Å²) in [6.45, 7) is -2.85. The summed E-state index contributed by atoms with van der Waals surface area (Å²) in [5.74, 6) is 4.66. The molecule has 0 heterocycles. The molecule has 0 atom stereocenters. The third-order valence-corrected chi connectivity index (χ3v) is 1.32. The maximum atomic E-state index is 11.8. The molecule has 0 bridgehead atoms. The Balaban J connectivity index is 2.85. The highest BCUT2D eigenvalue weighted by atomic mass is 19.3. The molecule has 2 nitrogen and oxygen atoms in total. The zero-order valence-electron chi connectivity index (χ0n) is 7.00. The van der Waals surface area contributed by atoms with Gasteiger partial charge in [-0.3, -0.25) is 0 Å². The monoisotopic (exact) mass is 193 g/mol. The van der Waals surface area contributed by atoms with Gasteiger partial charge in [-0.05, 0) is 18.2 Å². The largest absolute Gasteiger partial charge is 0.435 e. The molecule has 1 rings (SSSR count). The van der Waals surface area contributed by atoms with Gasteiger partial charge in [-0.15, -0.1) is 0 Å². The number of ether oxygens (including phenoxy) is 1. The van der Waals surface area contributed by atoms with Gasteiger partial charge in [0, 0.05) is 11.5 Å². The van der Waals surface area contributed by atoms with Gasteiger partial charge in [0.2, 0.25) is 0 Å². The molecule has 0 unspecified atom stereocenters. The van der Waals surface area contributed by atoms with E-state index in [4.69, 9.17) is 5.26 Å². The van der Waals surface area contributed by atoms with Crippen molar-refractivity contribution in [2.75, 3.05) is 0 Å². The van der Waals surface area contributed by atoms with Crippen molar-refractivity contribution in [2.45, 2.75) is 6.61 Å². The first-order valence-electron chi connectivity index (χ1n) is 3.67. The van der Waals surface area contributed by atoms with Crippen LogP contribution in [0.4, 0.5) is 8.78 Å². The quantitative estimate of drug-likeness (QED) is 0.674. The minimum absolute atomic E-state index is 0.0322. The summed E-state index contributed by atoms with van der Waals surface area (Å²) in [4.78, 5) is 0. The lowest BCUT2D eigenvalue weighted by Gasteiger charge is -2.03. The van der Waals surface area contributed by atoms with Gasteiger partial charge in [0.1, 0.15) is 5.75 Å². The fourth-order valence-electron chi connectivity index (χ4n) is 0.850. The average molecular weight is 193 g/mol. The zero-order valence-corrected chi connectivity index (χ0v) is 7.00. The number of hydrogen-bond acceptors (Lipinski definition) is 2. The maximum Gasteiger partial charge on any atom is 0.387 e. The second-order valence-corrected chi connectivity index (χ2v) is 2.27. The van der Waals surface area contributed by atoms with Crippen LogP contribution in [-0.2, 0) is 0 Å². The molecule has 14 heavy (non-hydrogen) atoms. The van der Waals surface area contributed by atoms with Crippen LogP contribution in [0.15, 0.2) is 24.3 Å². The summed E-state index contributed by atoms with van der Waals surface area (Å²) in [6, 6.07) is 7.49. The van der Waals surface area contributed by atoms with Crippen molar-refractivity contribution in [3.05, 3.63) is 29.8 Å². The second kappa shape index (κ2) is 4.84. The molecule has 0 spiro atoms. The lowest BCUT2D eigenvalue weighted by Crippen LogP contribution is -2.01. The van der Waals surface area contributed by atoms with Gasteiger partial charge >= 0.3 is 6.61 Å². The van der Waals surface area contributed by atoms with Gasteiger partial charge in [0.05, 0.1) is 0 Å². The summed E-state index contributed by atoms with van der Waals surface area (Å²) in [6.07, 6.45) is 0. The molecule has 4 heteroatoms. The Labute approximate surface area is 79.7 Å². The van der Waals surface area contributed by atoms with Crippen molar-refractivity contribution in [3.63, 3.8) is 0 Å². The summed E-state index contributed by atoms with van der Waals surface area (Å²) < 4.78 is 27.7. The first-order chi connectivity index (χ1) is 6.72. The van der Waals surface area contributed by atoms with E-state index in [-0.39, 0.29) is 5.75 Å². The molecular weight excluding hydrogens is 188 g/mol. The molecule has 0 saturated carbocycles. The molecule has 0 radical (unpaired) electrons. The number of halogens is 2. The Morgan fingerprint density at radius 3 is 2.79 bits per heavy atom. The smallest absolute Gasteiger partial charge is 0.387 e. The summed E-state index contributed by atoms with van der Waals surface area (Å²) in [5, 5.41) is 8.17. The zero-order chi connectivity index (χ0) is 10.4. The molecule has 1 aromatic rings. The van der Waals surface area contributed by atoms with E-state index in [0.29, 0.717) is 5.56 Å². The van der Waals surface area contributed by atoms with Crippen molar-refractivity contribution in [2.24, 2.45) is 0 Å². The third-order valence-electron chi connectivity index (χ3n) is 1.32. The lowest BCUT2D eigenvalue weighted by molar-refractivity contribution is -0.0498. The van der Waals surface area contributed by atoms with Crippen LogP contribution in [0.2, 0.25) is 0 Å². The first-order valence-corrected chi connectivity index (χ1v) is 3.67. The first kappa shape index (κ1) is 10.0. The Kier molecular flexibility index (Phi) is 3.46. The predicted octanol–water partition coefficient (Wildman–Crippen LogP) is 2.16. The number of rotatable bonds is 2. The number of alkyl halides is 2. The molecule has 1 aromatic carbocycles. The van der Waals surface area contributed by atoms with Crippen LogP contribution in [0, 0.1) is 23.2 Å². The Morgan fingerprint density at radius 1 is 1.36 bits per heavy atom. The minimum atomic E-state index is -2.85. The molecule has 70 valence electrons. The molecule has 0 aliphatic heterocycles. The van der Waals surface area contributed by atoms with E-state index in [2.05, 4.69) is 16.6 Å². The van der Waals surface area contributed by atoms with E-state index >= 15 is 0 Å². The van der Waals surface area contributed by atoms with Crippen molar-refractivity contribution in [3.8, 4) is 23.7 Å². The second-order valence-electron chi connectivity index (χ2n) is 2.27. The van der Waals surface area contributed by atoms with Gasteiger partial charge in [-0.1, -0.05) is 12.0 Å². The summed E-state index contributed by atoms with van der Waals surface area (Å²) in [5.41, 5.74) is 0.463. The van der Waals surface area contributed by atoms with Gasteiger partial charge < -0.3 is 4.74 Å². The van der Waals surface area contributed by atoms with Gasteiger partial charge in [0.15, 0.2) is 6.07 Å². The maximum absolute atomic E-state index is 11.8. The normalized spacial score (nSPS) is 8.71. The minimum Gasteiger partial charge on any atom is -0.435 e. The highest BCUT2D eigenvalue weighted by molar-refractivity contribution is 5.41. The number of nitriles is 1. The molecule has 0 aliphatic carbocycles. The number of hydrogen-bond donors (Lipinski definition) is 0. The van der Waals surface area contributed by atoms with Crippen LogP contribution in [0.1, 0.15) is 5.56 Å². The standard InChI is InChI=1S/C10H5F2NO/c11-10(12)14-9-5-1-3-8(7-9)4-2-6-13/h1,3,5,7,10H. The van der Waals surface area contributed by atoms with E-state index in [1.807, 2.05) is 0 Å². The highest BCUT2D eigenvalue weighted by Crippen LogP contribution is 2.14. The topological polar surface area (TPSA) is 33.0 Å². The van der Waals surface area contributed by atoms with Gasteiger partial charge in [-0.2, -0.15) is 14.0 Å². The van der Waals surface area contributed by atoms with Crippen molar-refractivity contribution >= 4 is 0 Å². The molecule has 0 aliphatic rings. The predicted molar refractivity (Wildman–Crippen MR) is 45.6 cm³/mol. The summed E-state index contributed by atoms with van der Waals surface area (Å²) in [7, 11) is 0. The molecule has 0 saturated heterocycles. The molecule has 0 fully saturated rings. The van der Waals surface area contributed by atoms with Crippen LogP contribution in [0.3, 0.4) is 0 Å². The van der Waals surface area contributed by atoms with E-state index in [1.165, 1.54) is 18.2 Å². The van der Waals surface area contributed by atoms with E-state index in [9.17, 15) is 8.78 Å². The van der Waals surface area contributed by atoms with E-state index < -0.39 is 6.61 Å². The molecular formula is C10H5F2NO. The summed E-state index contributed by atoms with van der Waals surface area (Å²) >= 11 is 0. The van der Waals surface area contributed by atoms with Gasteiger partial charge in [-0.25, -0.2) is 0 Å². The third kappa shape index (κ3) is 3.12. The number of nitrogens with zero attached hydrogens (tertiary/aromatic N) is 1. The fourth-order valence-corrected chi connectivity index (χ4v) is 0.850. The van der Waals surface area contributed by atoms with Crippen LogP contribution in [0.5, 0.6) is 5.75 Å². The average Bonchev–Trinajstić information content (AvgIpc) is 2.14. The Hall–Kier alpha value is -2.07. The molecule has 0 amide bonds. The molecule has 0 N–H and O–H groups in total. The van der Waals surface area contributed by atoms with Crippen LogP contribution in [-0.4, -0.2) is 6.61 Å². The van der Waals surface area contributed by atoms with E-state index in [0.717, 1.165) is 0 Å². The highest BCUT2D eigenvalue weighted by Gasteiger charge is 2.03. The van der Waals surface area contributed by atoms with E-state index in [1.54, 1.807) is 12.1 Å². The van der Waals surface area contributed by atoms with Crippen molar-refractivity contribution < 1.29 is 13.5 Å². The molecule has 0 aromatic heterocycles. The SMILES string of the molecule is N#CC#Cc1cccc(OC(F)F)c1. The van der Waals surface area contributed by atoms with Crippen molar-refractivity contribution in [1.29, 1.82) is 5.26 Å². The fraction of sp³-hybridized carbons (Fsp3) is 0.100. The number of benzene rings is 1. The van der Waals surface area contributed by atoms with Crippen molar-refractivity contribution in [1.82, 2.24) is 0 Å². The Morgan fingerprint density at radius 2 is 2.14 bits per heavy atom. The van der Waals surface area contributed by atoms with Gasteiger partial charge in [0.25, 0.3) is 0 Å². The van der Waals surface area contributed by atoms with Crippen LogP contribution >= 0.6 is 0 Å². The Bertz CT molecular complexity index is 412. The van der Waals surface area contributed by atoms with Crippen LogP contribution in [0.25, 0.3) is 0 Å². The lowest BCUT2D eigenvalue weighted by atomic mass is 10.2. The van der Waals surface area contributed by atoms with Crippen LogP contribution < -0.4 is 4.74 Å².